The van der Waals surface area contributed by atoms with E-state index in [9.17, 15) is 14.7 Å². The van der Waals surface area contributed by atoms with Crippen molar-refractivity contribution in [3.63, 3.8) is 0 Å². The van der Waals surface area contributed by atoms with E-state index < -0.39 is 18.0 Å². The smallest absolute Gasteiger partial charge is 0.326 e. The van der Waals surface area contributed by atoms with Crippen LogP contribution in [0.15, 0.2) is 24.7 Å². The SMILES string of the molecule is C=C(C)CN(CC)C(=O)NC(Cc1cnc[nH]1)C(=O)O. The van der Waals surface area contributed by atoms with Crippen LogP contribution < -0.4 is 5.32 Å². The lowest BCUT2D eigenvalue weighted by Crippen LogP contribution is -2.49. The molecule has 3 N–H and O–H groups in total. The topological polar surface area (TPSA) is 98.3 Å². The number of aromatic nitrogens is 2. The summed E-state index contributed by atoms with van der Waals surface area (Å²) in [6.07, 6.45) is 3.16. The summed E-state index contributed by atoms with van der Waals surface area (Å²) in [6, 6.07) is -1.41. The van der Waals surface area contributed by atoms with Gasteiger partial charge in [0.1, 0.15) is 6.04 Å². The van der Waals surface area contributed by atoms with Crippen molar-refractivity contribution in [1.29, 1.82) is 0 Å². The molecule has 20 heavy (non-hydrogen) atoms. The van der Waals surface area contributed by atoms with E-state index >= 15 is 0 Å². The van der Waals surface area contributed by atoms with E-state index in [1.165, 1.54) is 17.4 Å². The van der Waals surface area contributed by atoms with Gasteiger partial charge in [0.15, 0.2) is 0 Å². The second kappa shape index (κ2) is 7.32. The van der Waals surface area contributed by atoms with Crippen LogP contribution in [-0.4, -0.2) is 51.1 Å². The number of carbonyl (C=O) groups excluding carboxylic acids is 1. The predicted octanol–water partition coefficient (Wildman–Crippen LogP) is 1.01. The van der Waals surface area contributed by atoms with Gasteiger partial charge in [0, 0.05) is 31.4 Å². The molecule has 0 fully saturated rings. The monoisotopic (exact) mass is 280 g/mol. The fraction of sp³-hybridized carbons (Fsp3) is 0.462. The van der Waals surface area contributed by atoms with Crippen molar-refractivity contribution >= 4 is 12.0 Å². The van der Waals surface area contributed by atoms with Gasteiger partial charge in [0.25, 0.3) is 0 Å². The van der Waals surface area contributed by atoms with E-state index in [2.05, 4.69) is 21.9 Å². The molecule has 1 aromatic rings. The largest absolute Gasteiger partial charge is 0.480 e. The van der Waals surface area contributed by atoms with Crippen molar-refractivity contribution in [2.24, 2.45) is 0 Å². The molecule has 0 aliphatic heterocycles. The highest BCUT2D eigenvalue weighted by atomic mass is 16.4. The average Bonchev–Trinajstić information content (AvgIpc) is 2.87. The number of likely N-dealkylation sites (N-methyl/N-ethyl adjacent to an activating group) is 1. The van der Waals surface area contributed by atoms with Gasteiger partial charge in [-0.25, -0.2) is 14.6 Å². The second-order valence-electron chi connectivity index (χ2n) is 4.59. The van der Waals surface area contributed by atoms with Crippen LogP contribution in [0.5, 0.6) is 0 Å². The van der Waals surface area contributed by atoms with Crippen molar-refractivity contribution in [2.45, 2.75) is 26.3 Å². The molecule has 110 valence electrons. The van der Waals surface area contributed by atoms with Crippen LogP contribution in [0.25, 0.3) is 0 Å². The van der Waals surface area contributed by atoms with Gasteiger partial charge in [-0.3, -0.25) is 0 Å². The molecule has 0 bridgehead atoms. The fourth-order valence-corrected chi connectivity index (χ4v) is 1.71. The predicted molar refractivity (Wildman–Crippen MR) is 74.3 cm³/mol. The normalized spacial score (nSPS) is 11.7. The number of rotatable bonds is 7. The van der Waals surface area contributed by atoms with E-state index in [1.807, 2.05) is 13.8 Å². The van der Waals surface area contributed by atoms with Gasteiger partial charge < -0.3 is 20.3 Å². The third kappa shape index (κ3) is 4.75. The molecule has 2 amide bonds. The van der Waals surface area contributed by atoms with Crippen LogP contribution in [0, 0.1) is 0 Å². The molecular formula is C13H20N4O3. The van der Waals surface area contributed by atoms with Crippen LogP contribution in [0.1, 0.15) is 19.5 Å². The number of aromatic amines is 1. The van der Waals surface area contributed by atoms with Crippen molar-refractivity contribution in [3.8, 4) is 0 Å². The zero-order valence-electron chi connectivity index (χ0n) is 11.7. The Morgan fingerprint density at radius 3 is 2.75 bits per heavy atom. The van der Waals surface area contributed by atoms with Gasteiger partial charge in [0.2, 0.25) is 0 Å². The number of carbonyl (C=O) groups is 2. The van der Waals surface area contributed by atoms with Crippen molar-refractivity contribution in [3.05, 3.63) is 30.4 Å². The number of imidazole rings is 1. The number of hydrogen-bond acceptors (Lipinski definition) is 3. The third-order valence-corrected chi connectivity index (χ3v) is 2.70. The van der Waals surface area contributed by atoms with E-state index in [0.717, 1.165) is 5.57 Å². The van der Waals surface area contributed by atoms with Crippen molar-refractivity contribution in [2.75, 3.05) is 13.1 Å². The molecule has 1 rings (SSSR count). The lowest BCUT2D eigenvalue weighted by molar-refractivity contribution is -0.139. The van der Waals surface area contributed by atoms with Crippen LogP contribution in [-0.2, 0) is 11.2 Å². The molecule has 0 radical (unpaired) electrons. The number of carboxylic acid groups (broad SMARTS) is 1. The molecular weight excluding hydrogens is 260 g/mol. The zero-order valence-corrected chi connectivity index (χ0v) is 11.7. The molecule has 0 aliphatic carbocycles. The van der Waals surface area contributed by atoms with Crippen LogP contribution in [0.3, 0.4) is 0 Å². The molecule has 0 saturated carbocycles. The number of hydrogen-bond donors (Lipinski definition) is 3. The number of amides is 2. The summed E-state index contributed by atoms with van der Waals surface area (Å²) in [5, 5.41) is 11.7. The number of aliphatic carboxylic acids is 1. The molecule has 1 heterocycles. The summed E-state index contributed by atoms with van der Waals surface area (Å²) in [6.45, 7) is 8.27. The van der Waals surface area contributed by atoms with Crippen molar-refractivity contribution < 1.29 is 14.7 Å². The highest BCUT2D eigenvalue weighted by Gasteiger charge is 2.23. The van der Waals surface area contributed by atoms with E-state index in [0.29, 0.717) is 18.8 Å². The Kier molecular flexibility index (Phi) is 5.76. The summed E-state index contributed by atoms with van der Waals surface area (Å²) in [5.41, 5.74) is 1.49. The quantitative estimate of drug-likeness (QED) is 0.649. The van der Waals surface area contributed by atoms with Crippen molar-refractivity contribution in [1.82, 2.24) is 20.2 Å². The summed E-state index contributed by atoms with van der Waals surface area (Å²) >= 11 is 0. The Hall–Kier alpha value is -2.31. The van der Waals surface area contributed by atoms with E-state index in [-0.39, 0.29) is 6.42 Å². The summed E-state index contributed by atoms with van der Waals surface area (Å²) in [4.78, 5) is 31.4. The van der Waals surface area contributed by atoms with Gasteiger partial charge in [0.05, 0.1) is 6.33 Å². The minimum atomic E-state index is -1.08. The molecule has 0 aliphatic rings. The first kappa shape index (κ1) is 15.7. The Balaban J connectivity index is 2.67. The number of H-pyrrole nitrogens is 1. The molecule has 0 saturated heterocycles. The highest BCUT2D eigenvalue weighted by Crippen LogP contribution is 2.02. The lowest BCUT2D eigenvalue weighted by Gasteiger charge is -2.23. The number of nitrogens with zero attached hydrogens (tertiary/aromatic N) is 2. The Morgan fingerprint density at radius 2 is 2.30 bits per heavy atom. The minimum absolute atomic E-state index is 0.158. The Labute approximate surface area is 117 Å². The lowest BCUT2D eigenvalue weighted by atomic mass is 10.1. The summed E-state index contributed by atoms with van der Waals surface area (Å²) < 4.78 is 0. The molecule has 1 aromatic heterocycles. The molecule has 0 aromatic carbocycles. The van der Waals surface area contributed by atoms with Gasteiger partial charge >= 0.3 is 12.0 Å². The zero-order chi connectivity index (χ0) is 15.1. The minimum Gasteiger partial charge on any atom is -0.480 e. The second-order valence-corrected chi connectivity index (χ2v) is 4.59. The summed E-state index contributed by atoms with van der Waals surface area (Å²) in [5.74, 6) is -1.08. The van der Waals surface area contributed by atoms with Gasteiger partial charge in [-0.15, -0.1) is 0 Å². The molecule has 1 unspecified atom stereocenters. The first-order chi connectivity index (χ1) is 9.43. The number of nitrogens with one attached hydrogen (secondary N) is 2. The van der Waals surface area contributed by atoms with Gasteiger partial charge in [-0.1, -0.05) is 12.2 Å². The maximum atomic E-state index is 12.0. The van der Waals surface area contributed by atoms with Gasteiger partial charge in [-0.2, -0.15) is 0 Å². The van der Waals surface area contributed by atoms with E-state index in [4.69, 9.17) is 0 Å². The Bertz CT molecular complexity index is 470. The Morgan fingerprint density at radius 1 is 1.60 bits per heavy atom. The molecule has 1 atom stereocenters. The number of carboxylic acids is 1. The third-order valence-electron chi connectivity index (χ3n) is 2.70. The van der Waals surface area contributed by atoms with Crippen LogP contribution >= 0.6 is 0 Å². The van der Waals surface area contributed by atoms with E-state index in [1.54, 1.807) is 0 Å². The molecule has 7 nitrogen and oxygen atoms in total. The average molecular weight is 280 g/mol. The van der Waals surface area contributed by atoms with Crippen LogP contribution in [0.2, 0.25) is 0 Å². The standard InChI is InChI=1S/C13H20N4O3/c1-4-17(7-9(2)3)13(20)16-11(12(18)19)5-10-6-14-8-15-10/h6,8,11H,2,4-5,7H2,1,3H3,(H,14,15)(H,16,20)(H,18,19). The van der Waals surface area contributed by atoms with Gasteiger partial charge in [-0.05, 0) is 13.8 Å². The first-order valence-electron chi connectivity index (χ1n) is 6.34. The molecule has 7 heteroatoms. The maximum Gasteiger partial charge on any atom is 0.326 e. The molecule has 0 spiro atoms. The highest BCUT2D eigenvalue weighted by molar-refractivity contribution is 5.82. The number of urea groups is 1. The fourth-order valence-electron chi connectivity index (χ4n) is 1.71. The summed E-state index contributed by atoms with van der Waals surface area (Å²) in [7, 11) is 0. The van der Waals surface area contributed by atoms with Crippen LogP contribution in [0.4, 0.5) is 4.79 Å². The maximum absolute atomic E-state index is 12.0. The first-order valence-corrected chi connectivity index (χ1v) is 6.34.